The second-order valence-electron chi connectivity index (χ2n) is 4.76. The number of alkyl halides is 1. The molecule has 0 bridgehead atoms. The van der Waals surface area contributed by atoms with E-state index >= 15 is 0 Å². The first-order valence-electron chi connectivity index (χ1n) is 6.21. The van der Waals surface area contributed by atoms with Gasteiger partial charge in [0.05, 0.1) is 11.1 Å². The molecule has 0 N–H and O–H groups in total. The summed E-state index contributed by atoms with van der Waals surface area (Å²) in [7, 11) is 0. The normalized spacial score (nSPS) is 12.5. The van der Waals surface area contributed by atoms with Crippen LogP contribution in [0.25, 0.3) is 5.69 Å². The largest absolute Gasteiger partial charge is 0.317 e. The summed E-state index contributed by atoms with van der Waals surface area (Å²) in [6, 6.07) is 3.85. The fraction of sp³-hybridized carbons (Fsp3) is 0.333. The number of hydrogen-bond acceptors (Lipinski definition) is 2. The predicted octanol–water partition coefficient (Wildman–Crippen LogP) is 3.61. The van der Waals surface area contributed by atoms with Crippen molar-refractivity contribution < 1.29 is 4.79 Å². The number of aromatic nitrogens is 2. The van der Waals surface area contributed by atoms with Crippen LogP contribution in [0.1, 0.15) is 34.2 Å². The van der Waals surface area contributed by atoms with E-state index in [0.29, 0.717) is 5.56 Å². The molecule has 100 valence electrons. The van der Waals surface area contributed by atoms with Gasteiger partial charge in [0, 0.05) is 29.3 Å². The Bertz CT molecular complexity index is 629. The van der Waals surface area contributed by atoms with E-state index in [2.05, 4.69) is 9.55 Å². The van der Waals surface area contributed by atoms with Crippen molar-refractivity contribution >= 4 is 17.4 Å². The maximum absolute atomic E-state index is 12.1. The average molecular weight is 277 g/mol. The summed E-state index contributed by atoms with van der Waals surface area (Å²) in [6.45, 7) is 7.64. The van der Waals surface area contributed by atoms with Gasteiger partial charge in [-0.05, 0) is 45.4 Å². The van der Waals surface area contributed by atoms with Crippen molar-refractivity contribution in [3.63, 3.8) is 0 Å². The molecule has 2 aromatic heterocycles. The van der Waals surface area contributed by atoms with Crippen LogP contribution in [0.4, 0.5) is 0 Å². The maximum atomic E-state index is 12.1. The van der Waals surface area contributed by atoms with Crippen LogP contribution in [-0.2, 0) is 0 Å². The number of ketones is 1. The van der Waals surface area contributed by atoms with Gasteiger partial charge in [-0.25, -0.2) is 0 Å². The van der Waals surface area contributed by atoms with Gasteiger partial charge in [-0.15, -0.1) is 11.6 Å². The van der Waals surface area contributed by atoms with Crippen molar-refractivity contribution in [2.24, 2.45) is 0 Å². The van der Waals surface area contributed by atoms with E-state index in [1.54, 1.807) is 13.1 Å². The fourth-order valence-corrected chi connectivity index (χ4v) is 2.43. The highest BCUT2D eigenvalue weighted by Crippen LogP contribution is 2.24. The summed E-state index contributed by atoms with van der Waals surface area (Å²) in [5.41, 5.74) is 4.75. The van der Waals surface area contributed by atoms with Gasteiger partial charge in [0.15, 0.2) is 5.78 Å². The molecule has 0 aliphatic carbocycles. The van der Waals surface area contributed by atoms with Gasteiger partial charge in [0.25, 0.3) is 0 Å². The lowest BCUT2D eigenvalue weighted by Crippen LogP contribution is -2.12. The minimum Gasteiger partial charge on any atom is -0.317 e. The Labute approximate surface area is 118 Å². The van der Waals surface area contributed by atoms with E-state index in [4.69, 9.17) is 11.6 Å². The summed E-state index contributed by atoms with van der Waals surface area (Å²) >= 11 is 5.90. The number of halogens is 1. The number of pyridine rings is 1. The molecule has 1 unspecified atom stereocenters. The molecule has 0 saturated carbocycles. The van der Waals surface area contributed by atoms with Crippen molar-refractivity contribution in [1.29, 1.82) is 0 Å². The van der Waals surface area contributed by atoms with Crippen molar-refractivity contribution in [2.45, 2.75) is 33.1 Å². The van der Waals surface area contributed by atoms with Crippen LogP contribution in [0, 0.1) is 20.8 Å². The Kier molecular flexibility index (Phi) is 3.76. The lowest BCUT2D eigenvalue weighted by Gasteiger charge is -2.12. The topological polar surface area (TPSA) is 34.9 Å². The molecule has 19 heavy (non-hydrogen) atoms. The van der Waals surface area contributed by atoms with Gasteiger partial charge < -0.3 is 4.57 Å². The Morgan fingerprint density at radius 3 is 2.63 bits per heavy atom. The van der Waals surface area contributed by atoms with Gasteiger partial charge in [0.1, 0.15) is 0 Å². The molecule has 2 aromatic rings. The van der Waals surface area contributed by atoms with Crippen LogP contribution in [-0.4, -0.2) is 20.7 Å². The predicted molar refractivity (Wildman–Crippen MR) is 77.4 cm³/mol. The first-order chi connectivity index (χ1) is 8.93. The van der Waals surface area contributed by atoms with Crippen LogP contribution in [0.2, 0.25) is 0 Å². The summed E-state index contributed by atoms with van der Waals surface area (Å²) in [4.78, 5) is 16.2. The number of Topliss-reactive ketones (excluding diaryl/α,β-unsaturated/α-hetero) is 1. The first-order valence-corrected chi connectivity index (χ1v) is 6.65. The van der Waals surface area contributed by atoms with E-state index in [-0.39, 0.29) is 5.78 Å². The Balaban J connectivity index is 2.61. The second-order valence-corrected chi connectivity index (χ2v) is 5.42. The molecule has 0 amide bonds. The molecule has 0 saturated heterocycles. The molecule has 0 aliphatic rings. The molecular weight excluding hydrogens is 260 g/mol. The third-order valence-corrected chi connectivity index (χ3v) is 3.49. The maximum Gasteiger partial charge on any atom is 0.182 e. The van der Waals surface area contributed by atoms with Gasteiger partial charge in [-0.2, -0.15) is 0 Å². The first kappa shape index (κ1) is 13.8. The van der Waals surface area contributed by atoms with Crippen molar-refractivity contribution in [2.75, 3.05) is 0 Å². The van der Waals surface area contributed by atoms with E-state index in [0.717, 1.165) is 22.6 Å². The summed E-state index contributed by atoms with van der Waals surface area (Å²) < 4.78 is 2.07. The number of carbonyl (C=O) groups excluding carboxylic acids is 1. The zero-order valence-corrected chi connectivity index (χ0v) is 12.3. The minimum absolute atomic E-state index is 0.0345. The second kappa shape index (κ2) is 5.17. The van der Waals surface area contributed by atoms with E-state index in [1.165, 1.54) is 0 Å². The zero-order chi connectivity index (χ0) is 14.2. The van der Waals surface area contributed by atoms with Crippen LogP contribution in [0.5, 0.6) is 0 Å². The molecule has 2 heterocycles. The van der Waals surface area contributed by atoms with E-state index < -0.39 is 5.38 Å². The standard InChI is InChI=1S/C15H17ClN2O/c1-9-8-17-6-5-14(9)18-10(2)7-13(12(18)4)15(19)11(3)16/h5-8,11H,1-4H3. The molecule has 0 aliphatic heterocycles. The summed E-state index contributed by atoms with van der Waals surface area (Å²) in [5, 5.41) is -0.507. The Morgan fingerprint density at radius 2 is 2.05 bits per heavy atom. The molecule has 3 nitrogen and oxygen atoms in total. The van der Waals surface area contributed by atoms with Crippen LogP contribution in [0.15, 0.2) is 24.5 Å². The Hall–Kier alpha value is -1.61. The lowest BCUT2D eigenvalue weighted by atomic mass is 10.1. The number of nitrogens with zero attached hydrogens (tertiary/aromatic N) is 2. The monoisotopic (exact) mass is 276 g/mol. The molecule has 0 aromatic carbocycles. The van der Waals surface area contributed by atoms with Gasteiger partial charge in [-0.1, -0.05) is 0 Å². The lowest BCUT2D eigenvalue weighted by molar-refractivity contribution is 0.0991. The minimum atomic E-state index is -0.507. The SMILES string of the molecule is Cc1cnccc1-n1c(C)cc(C(=O)C(C)Cl)c1C. The number of rotatable bonds is 3. The van der Waals surface area contributed by atoms with Gasteiger partial charge in [0.2, 0.25) is 0 Å². The summed E-state index contributed by atoms with van der Waals surface area (Å²) in [6.07, 6.45) is 3.58. The van der Waals surface area contributed by atoms with Crippen molar-refractivity contribution in [1.82, 2.24) is 9.55 Å². The molecule has 0 spiro atoms. The molecule has 0 fully saturated rings. The number of aryl methyl sites for hydroxylation is 2. The van der Waals surface area contributed by atoms with E-state index in [9.17, 15) is 4.79 Å². The van der Waals surface area contributed by atoms with Crippen molar-refractivity contribution in [3.8, 4) is 5.69 Å². The fourth-order valence-electron chi connectivity index (χ4n) is 2.31. The van der Waals surface area contributed by atoms with Gasteiger partial charge >= 0.3 is 0 Å². The number of carbonyl (C=O) groups is 1. The third-order valence-electron chi connectivity index (χ3n) is 3.29. The van der Waals surface area contributed by atoms with Crippen LogP contribution >= 0.6 is 11.6 Å². The third kappa shape index (κ3) is 2.43. The average Bonchev–Trinajstić information content (AvgIpc) is 2.65. The molecule has 4 heteroatoms. The Morgan fingerprint density at radius 1 is 1.37 bits per heavy atom. The summed E-state index contributed by atoms with van der Waals surface area (Å²) in [5.74, 6) is -0.0345. The molecule has 0 radical (unpaired) electrons. The molecular formula is C15H17ClN2O. The quantitative estimate of drug-likeness (QED) is 0.634. The highest BCUT2D eigenvalue weighted by molar-refractivity contribution is 6.33. The molecule has 2 rings (SSSR count). The highest BCUT2D eigenvalue weighted by Gasteiger charge is 2.20. The smallest absolute Gasteiger partial charge is 0.182 e. The highest BCUT2D eigenvalue weighted by atomic mass is 35.5. The van der Waals surface area contributed by atoms with Gasteiger partial charge in [-0.3, -0.25) is 9.78 Å². The van der Waals surface area contributed by atoms with Crippen molar-refractivity contribution in [3.05, 3.63) is 47.0 Å². The zero-order valence-electron chi connectivity index (χ0n) is 11.6. The van der Waals surface area contributed by atoms with E-state index in [1.807, 2.05) is 39.1 Å². The van der Waals surface area contributed by atoms with Crippen LogP contribution < -0.4 is 0 Å². The molecule has 1 atom stereocenters. The van der Waals surface area contributed by atoms with Crippen LogP contribution in [0.3, 0.4) is 0 Å². The number of hydrogen-bond donors (Lipinski definition) is 0.